The normalized spacial score (nSPS) is 10.8. The average Bonchev–Trinajstić information content (AvgIpc) is 3.20. The van der Waals surface area contributed by atoms with Crippen LogP contribution >= 0.6 is 0 Å². The largest absolute Gasteiger partial charge is 0.459 e. The Morgan fingerprint density at radius 3 is 2.54 bits per heavy atom. The summed E-state index contributed by atoms with van der Waals surface area (Å²) < 4.78 is 4.99. The number of fused-ring (bicyclic) bond motifs is 1. The van der Waals surface area contributed by atoms with Crippen LogP contribution in [0.15, 0.2) is 41.0 Å². The standard InChI is InChI=1S/C18H19N3O3/c1-11-8-12(2)13-10-15(21-14(13)9-11)17(22)19-5-6-20-18(23)16-4-3-7-24-16/h3-4,7-10,21H,5-6H2,1-2H3,(H,19,22)(H,20,23). The van der Waals surface area contributed by atoms with E-state index in [2.05, 4.69) is 21.7 Å². The molecule has 124 valence electrons. The molecule has 0 radical (unpaired) electrons. The molecule has 0 atom stereocenters. The van der Waals surface area contributed by atoms with Crippen molar-refractivity contribution in [2.24, 2.45) is 0 Å². The van der Waals surface area contributed by atoms with Crippen molar-refractivity contribution in [1.29, 1.82) is 0 Å². The zero-order chi connectivity index (χ0) is 17.1. The quantitative estimate of drug-likeness (QED) is 0.630. The number of amides is 2. The molecular weight excluding hydrogens is 306 g/mol. The molecule has 3 aromatic rings. The second-order valence-corrected chi connectivity index (χ2v) is 5.72. The van der Waals surface area contributed by atoms with Crippen molar-refractivity contribution in [2.75, 3.05) is 13.1 Å². The van der Waals surface area contributed by atoms with Gasteiger partial charge in [0.2, 0.25) is 0 Å². The summed E-state index contributed by atoms with van der Waals surface area (Å²) in [5.74, 6) is -0.246. The maximum atomic E-state index is 12.2. The minimum absolute atomic E-state index is 0.199. The Balaban J connectivity index is 1.55. The lowest BCUT2D eigenvalue weighted by atomic mass is 10.1. The van der Waals surface area contributed by atoms with E-state index in [1.54, 1.807) is 12.1 Å². The third-order valence-corrected chi connectivity index (χ3v) is 3.77. The highest BCUT2D eigenvalue weighted by Crippen LogP contribution is 2.21. The number of rotatable bonds is 5. The van der Waals surface area contributed by atoms with Crippen molar-refractivity contribution in [3.05, 3.63) is 59.2 Å². The monoisotopic (exact) mass is 325 g/mol. The van der Waals surface area contributed by atoms with Crippen LogP contribution in [0.3, 0.4) is 0 Å². The van der Waals surface area contributed by atoms with Gasteiger partial charge >= 0.3 is 0 Å². The first kappa shape index (κ1) is 15.9. The van der Waals surface area contributed by atoms with Crippen LogP contribution in [0.4, 0.5) is 0 Å². The van der Waals surface area contributed by atoms with Gasteiger partial charge in [0.1, 0.15) is 5.69 Å². The van der Waals surface area contributed by atoms with Gasteiger partial charge in [-0.2, -0.15) is 0 Å². The number of nitrogens with one attached hydrogen (secondary N) is 3. The van der Waals surface area contributed by atoms with Gasteiger partial charge in [-0.25, -0.2) is 0 Å². The molecule has 0 spiro atoms. The first-order valence-electron chi connectivity index (χ1n) is 7.74. The molecule has 24 heavy (non-hydrogen) atoms. The van der Waals surface area contributed by atoms with Gasteiger partial charge in [0, 0.05) is 24.0 Å². The molecule has 6 heteroatoms. The fourth-order valence-electron chi connectivity index (χ4n) is 2.66. The number of hydrogen-bond acceptors (Lipinski definition) is 3. The summed E-state index contributed by atoms with van der Waals surface area (Å²) in [6.07, 6.45) is 1.44. The fourth-order valence-corrected chi connectivity index (χ4v) is 2.66. The summed E-state index contributed by atoms with van der Waals surface area (Å²) >= 11 is 0. The van der Waals surface area contributed by atoms with Crippen molar-refractivity contribution in [1.82, 2.24) is 15.6 Å². The van der Waals surface area contributed by atoms with Crippen LogP contribution in [0.2, 0.25) is 0 Å². The lowest BCUT2D eigenvalue weighted by Crippen LogP contribution is -2.34. The molecule has 3 N–H and O–H groups in total. The van der Waals surface area contributed by atoms with E-state index < -0.39 is 0 Å². The average molecular weight is 325 g/mol. The summed E-state index contributed by atoms with van der Waals surface area (Å²) in [7, 11) is 0. The van der Waals surface area contributed by atoms with Crippen molar-refractivity contribution in [2.45, 2.75) is 13.8 Å². The van der Waals surface area contributed by atoms with Crippen LogP contribution in [0.1, 0.15) is 32.2 Å². The van der Waals surface area contributed by atoms with E-state index >= 15 is 0 Å². The molecule has 0 unspecified atom stereocenters. The Bertz CT molecular complexity index is 878. The minimum atomic E-state index is -0.300. The molecule has 0 bridgehead atoms. The zero-order valence-corrected chi connectivity index (χ0v) is 13.6. The van der Waals surface area contributed by atoms with Gasteiger partial charge in [-0.05, 0) is 49.2 Å². The lowest BCUT2D eigenvalue weighted by molar-refractivity contribution is 0.0909. The van der Waals surface area contributed by atoms with Crippen molar-refractivity contribution in [3.8, 4) is 0 Å². The SMILES string of the molecule is Cc1cc(C)c2cc(C(=O)NCCNC(=O)c3ccco3)[nH]c2c1. The maximum absolute atomic E-state index is 12.2. The Morgan fingerprint density at radius 2 is 1.83 bits per heavy atom. The second kappa shape index (κ2) is 6.62. The molecule has 0 saturated carbocycles. The Hall–Kier alpha value is -3.02. The van der Waals surface area contributed by atoms with E-state index in [-0.39, 0.29) is 17.6 Å². The Labute approximate surface area is 139 Å². The van der Waals surface area contributed by atoms with Gasteiger partial charge in [-0.15, -0.1) is 0 Å². The summed E-state index contributed by atoms with van der Waals surface area (Å²) in [5, 5.41) is 6.50. The molecule has 2 heterocycles. The number of aryl methyl sites for hydroxylation is 2. The number of carbonyl (C=O) groups is 2. The van der Waals surface area contributed by atoms with Gasteiger partial charge in [0.15, 0.2) is 5.76 Å². The molecular formula is C18H19N3O3. The highest BCUT2D eigenvalue weighted by Gasteiger charge is 2.11. The number of carbonyl (C=O) groups excluding carboxylic acids is 2. The van der Waals surface area contributed by atoms with Crippen molar-refractivity contribution < 1.29 is 14.0 Å². The van der Waals surface area contributed by atoms with Crippen LogP contribution in [-0.4, -0.2) is 29.9 Å². The number of H-pyrrole nitrogens is 1. The van der Waals surface area contributed by atoms with E-state index in [4.69, 9.17) is 4.42 Å². The van der Waals surface area contributed by atoms with Crippen LogP contribution < -0.4 is 10.6 Å². The van der Waals surface area contributed by atoms with Crippen molar-refractivity contribution >= 4 is 22.7 Å². The number of benzene rings is 1. The molecule has 3 rings (SSSR count). The van der Waals surface area contributed by atoms with E-state index in [1.165, 1.54) is 6.26 Å². The molecule has 0 aliphatic rings. The van der Waals surface area contributed by atoms with Crippen LogP contribution in [0.5, 0.6) is 0 Å². The second-order valence-electron chi connectivity index (χ2n) is 5.72. The maximum Gasteiger partial charge on any atom is 0.287 e. The van der Waals surface area contributed by atoms with Gasteiger partial charge in [-0.1, -0.05) is 6.07 Å². The van der Waals surface area contributed by atoms with E-state index in [0.29, 0.717) is 18.8 Å². The van der Waals surface area contributed by atoms with Gasteiger partial charge in [0.05, 0.1) is 6.26 Å². The molecule has 0 fully saturated rings. The van der Waals surface area contributed by atoms with Gasteiger partial charge < -0.3 is 20.0 Å². The van der Waals surface area contributed by atoms with Crippen LogP contribution in [0, 0.1) is 13.8 Å². The Morgan fingerprint density at radius 1 is 1.08 bits per heavy atom. The lowest BCUT2D eigenvalue weighted by Gasteiger charge is -2.05. The first-order valence-corrected chi connectivity index (χ1v) is 7.74. The highest BCUT2D eigenvalue weighted by molar-refractivity contribution is 5.99. The van der Waals surface area contributed by atoms with Crippen molar-refractivity contribution in [3.63, 3.8) is 0 Å². The number of aromatic amines is 1. The van der Waals surface area contributed by atoms with E-state index in [9.17, 15) is 9.59 Å². The molecule has 0 aliphatic carbocycles. The molecule has 0 saturated heterocycles. The summed E-state index contributed by atoms with van der Waals surface area (Å²) in [5.41, 5.74) is 3.74. The summed E-state index contributed by atoms with van der Waals surface area (Å²) in [4.78, 5) is 27.0. The number of aromatic nitrogens is 1. The Kier molecular flexibility index (Phi) is 4.37. The van der Waals surface area contributed by atoms with Crippen LogP contribution in [0.25, 0.3) is 10.9 Å². The smallest absolute Gasteiger partial charge is 0.287 e. The number of hydrogen-bond donors (Lipinski definition) is 3. The predicted molar refractivity (Wildman–Crippen MR) is 91.1 cm³/mol. The molecule has 0 aliphatic heterocycles. The van der Waals surface area contributed by atoms with Crippen LogP contribution in [-0.2, 0) is 0 Å². The van der Waals surface area contributed by atoms with E-state index in [1.807, 2.05) is 26.0 Å². The summed E-state index contributed by atoms with van der Waals surface area (Å²) in [6.45, 7) is 4.70. The molecule has 2 aromatic heterocycles. The molecule has 2 amide bonds. The number of furan rings is 1. The zero-order valence-electron chi connectivity index (χ0n) is 13.6. The van der Waals surface area contributed by atoms with Gasteiger partial charge in [0.25, 0.3) is 11.8 Å². The molecule has 1 aromatic carbocycles. The fraction of sp³-hybridized carbons (Fsp3) is 0.222. The third-order valence-electron chi connectivity index (χ3n) is 3.77. The minimum Gasteiger partial charge on any atom is -0.459 e. The topological polar surface area (TPSA) is 87.1 Å². The summed E-state index contributed by atoms with van der Waals surface area (Å²) in [6, 6.07) is 9.19. The third kappa shape index (κ3) is 3.32. The van der Waals surface area contributed by atoms with Gasteiger partial charge in [-0.3, -0.25) is 9.59 Å². The predicted octanol–water partition coefficient (Wildman–Crippen LogP) is 2.54. The highest BCUT2D eigenvalue weighted by atomic mass is 16.3. The first-order chi connectivity index (χ1) is 11.5. The van der Waals surface area contributed by atoms with E-state index in [0.717, 1.165) is 22.0 Å². The molecule has 6 nitrogen and oxygen atoms in total.